The highest BCUT2D eigenvalue weighted by Crippen LogP contribution is 2.67. The maximum absolute atomic E-state index is 8.06. The molecule has 1 unspecified atom stereocenters. The Bertz CT molecular complexity index is 1080. The van der Waals surface area contributed by atoms with Crippen molar-refractivity contribution < 1.29 is 0 Å². The Hall–Kier alpha value is -3.02. The fraction of sp³-hybridized carbons (Fsp3) is 0.417. The van der Waals surface area contributed by atoms with Gasteiger partial charge < -0.3 is 27.5 Å². The zero-order chi connectivity index (χ0) is 21.4. The van der Waals surface area contributed by atoms with Crippen molar-refractivity contribution >= 4 is 29.1 Å². The van der Waals surface area contributed by atoms with Crippen molar-refractivity contribution in [3.05, 3.63) is 52.6 Å². The molecule has 1 aliphatic heterocycles. The van der Waals surface area contributed by atoms with E-state index < -0.39 is 0 Å². The van der Waals surface area contributed by atoms with E-state index in [1.165, 1.54) is 31.0 Å². The summed E-state index contributed by atoms with van der Waals surface area (Å²) < 4.78 is 0. The fourth-order valence-electron chi connectivity index (χ4n) is 6.94. The SMILES string of the molecule is CN1c2ccc(N)c(C=N)c2[C@H]2[C@@H]3CC[C@H](C3)[C@H]2C1(C)c1ccc(C(=N)N)c(N)c1. The third kappa shape index (κ3) is 2.25. The van der Waals surface area contributed by atoms with Crippen molar-refractivity contribution in [1.29, 1.82) is 10.8 Å². The Labute approximate surface area is 177 Å². The van der Waals surface area contributed by atoms with Gasteiger partial charge in [0.05, 0.1) is 5.54 Å². The standard InChI is InChI=1S/C24H30N6/c1-24(14-5-6-15(23(28)29)18(27)10-14)22-13-4-3-12(9-13)20(22)21-16(11-25)17(26)7-8-19(21)30(24)2/h5-8,10-13,20,22,25H,3-4,9,26-27H2,1-2H3,(H3,28,29)/t12-,13-,20-,22-,24?/m1/s1. The van der Waals surface area contributed by atoms with Gasteiger partial charge in [-0.1, -0.05) is 6.07 Å². The molecule has 156 valence electrons. The van der Waals surface area contributed by atoms with Crippen LogP contribution in [-0.4, -0.2) is 19.1 Å². The molecule has 2 aliphatic carbocycles. The molecule has 2 fully saturated rings. The summed E-state index contributed by atoms with van der Waals surface area (Å²) in [6.07, 6.45) is 5.19. The molecular formula is C24H30N6. The number of nitrogens with two attached hydrogens (primary N) is 3. The average Bonchev–Trinajstić information content (AvgIpc) is 3.33. The van der Waals surface area contributed by atoms with Crippen LogP contribution in [0.25, 0.3) is 0 Å². The van der Waals surface area contributed by atoms with Crippen LogP contribution < -0.4 is 22.1 Å². The molecule has 0 spiro atoms. The smallest absolute Gasteiger partial charge is 0.124 e. The minimum absolute atomic E-state index is 0.00422. The molecule has 2 bridgehead atoms. The van der Waals surface area contributed by atoms with Crippen LogP contribution in [0.15, 0.2) is 30.3 Å². The molecule has 2 saturated carbocycles. The van der Waals surface area contributed by atoms with E-state index in [4.69, 9.17) is 28.0 Å². The van der Waals surface area contributed by atoms with E-state index in [-0.39, 0.29) is 11.4 Å². The minimum atomic E-state index is -0.240. The average molecular weight is 403 g/mol. The summed E-state index contributed by atoms with van der Waals surface area (Å²) in [5.41, 5.74) is 24.4. The third-order valence-electron chi connectivity index (χ3n) is 8.33. The number of nitrogens with zero attached hydrogens (tertiary/aromatic N) is 1. The highest BCUT2D eigenvalue weighted by molar-refractivity contribution is 6.00. The number of hydrogen-bond acceptors (Lipinski definition) is 5. The Kier molecular flexibility index (Phi) is 3.95. The molecule has 5 atom stereocenters. The van der Waals surface area contributed by atoms with Crippen molar-refractivity contribution in [2.45, 2.75) is 37.6 Å². The number of fused-ring (bicyclic) bond motifs is 7. The number of nitrogens with one attached hydrogen (secondary N) is 2. The van der Waals surface area contributed by atoms with Gasteiger partial charge in [0.1, 0.15) is 5.84 Å². The lowest BCUT2D eigenvalue weighted by molar-refractivity contribution is 0.157. The summed E-state index contributed by atoms with van der Waals surface area (Å²) in [4.78, 5) is 2.37. The third-order valence-corrected chi connectivity index (χ3v) is 8.33. The van der Waals surface area contributed by atoms with Crippen LogP contribution >= 0.6 is 0 Å². The van der Waals surface area contributed by atoms with Crippen LogP contribution in [0.5, 0.6) is 0 Å². The number of benzene rings is 2. The van der Waals surface area contributed by atoms with Gasteiger partial charge in [-0.2, -0.15) is 0 Å². The first-order valence-electron chi connectivity index (χ1n) is 10.7. The van der Waals surface area contributed by atoms with Gasteiger partial charge >= 0.3 is 0 Å². The molecule has 8 N–H and O–H groups in total. The Morgan fingerprint density at radius 2 is 1.87 bits per heavy atom. The fourth-order valence-corrected chi connectivity index (χ4v) is 6.94. The Balaban J connectivity index is 1.75. The van der Waals surface area contributed by atoms with Gasteiger partial charge in [0.2, 0.25) is 0 Å². The summed E-state index contributed by atoms with van der Waals surface area (Å²) in [6.45, 7) is 2.33. The predicted octanol–water partition coefficient (Wildman–Crippen LogP) is 3.63. The first-order chi connectivity index (χ1) is 14.3. The van der Waals surface area contributed by atoms with Gasteiger partial charge in [-0.15, -0.1) is 0 Å². The van der Waals surface area contributed by atoms with E-state index in [0.717, 1.165) is 16.8 Å². The number of hydrogen-bond donors (Lipinski definition) is 5. The second-order valence-corrected chi connectivity index (χ2v) is 9.45. The molecule has 5 rings (SSSR count). The first-order valence-corrected chi connectivity index (χ1v) is 10.7. The number of amidine groups is 1. The molecule has 2 aromatic carbocycles. The zero-order valence-corrected chi connectivity index (χ0v) is 17.6. The van der Waals surface area contributed by atoms with E-state index in [0.29, 0.717) is 40.6 Å². The van der Waals surface area contributed by atoms with E-state index in [9.17, 15) is 0 Å². The van der Waals surface area contributed by atoms with E-state index in [1.54, 1.807) is 0 Å². The van der Waals surface area contributed by atoms with Crippen LogP contribution in [0.4, 0.5) is 17.1 Å². The second-order valence-electron chi connectivity index (χ2n) is 9.45. The lowest BCUT2D eigenvalue weighted by Crippen LogP contribution is -2.54. The highest BCUT2D eigenvalue weighted by Gasteiger charge is 2.60. The van der Waals surface area contributed by atoms with Gasteiger partial charge in [0.25, 0.3) is 0 Å². The number of anilines is 3. The maximum atomic E-state index is 8.06. The summed E-state index contributed by atoms with van der Waals surface area (Å²) in [7, 11) is 2.15. The van der Waals surface area contributed by atoms with Crippen molar-refractivity contribution in [3.8, 4) is 0 Å². The van der Waals surface area contributed by atoms with Gasteiger partial charge in [0.15, 0.2) is 0 Å². The lowest BCUT2D eigenvalue weighted by Gasteiger charge is -2.56. The van der Waals surface area contributed by atoms with Crippen LogP contribution in [0.1, 0.15) is 54.4 Å². The van der Waals surface area contributed by atoms with Crippen molar-refractivity contribution in [2.24, 2.45) is 23.5 Å². The molecule has 1 heterocycles. The molecule has 30 heavy (non-hydrogen) atoms. The van der Waals surface area contributed by atoms with Crippen LogP contribution in [0.3, 0.4) is 0 Å². The summed E-state index contributed by atoms with van der Waals surface area (Å²) in [6, 6.07) is 10.0. The summed E-state index contributed by atoms with van der Waals surface area (Å²) in [5, 5.41) is 15.8. The molecule has 6 nitrogen and oxygen atoms in total. The van der Waals surface area contributed by atoms with Crippen LogP contribution in [0, 0.1) is 28.6 Å². The molecule has 6 heteroatoms. The lowest BCUT2D eigenvalue weighted by atomic mass is 9.60. The molecular weight excluding hydrogens is 372 g/mol. The molecule has 0 saturated heterocycles. The van der Waals surface area contributed by atoms with Gasteiger partial charge in [-0.25, -0.2) is 0 Å². The molecule has 0 radical (unpaired) electrons. The molecule has 3 aliphatic rings. The Morgan fingerprint density at radius 3 is 2.53 bits per heavy atom. The van der Waals surface area contributed by atoms with Crippen molar-refractivity contribution in [1.82, 2.24) is 0 Å². The number of nitrogen functional groups attached to an aromatic ring is 3. The maximum Gasteiger partial charge on any atom is 0.124 e. The first kappa shape index (κ1) is 19.0. The van der Waals surface area contributed by atoms with Crippen LogP contribution in [0.2, 0.25) is 0 Å². The quantitative estimate of drug-likeness (QED) is 0.305. The monoisotopic (exact) mass is 402 g/mol. The molecule has 0 aromatic heterocycles. The number of rotatable bonds is 3. The molecule has 2 aromatic rings. The zero-order valence-electron chi connectivity index (χ0n) is 17.6. The van der Waals surface area contributed by atoms with E-state index in [1.807, 2.05) is 18.2 Å². The minimum Gasteiger partial charge on any atom is -0.398 e. The van der Waals surface area contributed by atoms with Gasteiger partial charge in [0, 0.05) is 41.5 Å². The van der Waals surface area contributed by atoms with Gasteiger partial charge in [-0.05, 0) is 85.3 Å². The normalized spacial score (nSPS) is 31.3. The van der Waals surface area contributed by atoms with Crippen molar-refractivity contribution in [2.75, 3.05) is 23.4 Å². The largest absolute Gasteiger partial charge is 0.398 e. The Morgan fingerprint density at radius 1 is 1.13 bits per heavy atom. The predicted molar refractivity (Wildman–Crippen MR) is 123 cm³/mol. The van der Waals surface area contributed by atoms with E-state index >= 15 is 0 Å². The second kappa shape index (κ2) is 6.24. The summed E-state index contributed by atoms with van der Waals surface area (Å²) in [5.74, 6) is 2.11. The highest BCUT2D eigenvalue weighted by atomic mass is 15.2. The summed E-state index contributed by atoms with van der Waals surface area (Å²) >= 11 is 0. The topological polar surface area (TPSA) is 129 Å². The van der Waals surface area contributed by atoms with E-state index in [2.05, 4.69) is 31.0 Å². The van der Waals surface area contributed by atoms with Gasteiger partial charge in [-0.3, -0.25) is 5.41 Å². The molecule has 0 amide bonds. The van der Waals surface area contributed by atoms with Crippen LogP contribution in [-0.2, 0) is 5.54 Å². The van der Waals surface area contributed by atoms with Crippen molar-refractivity contribution in [3.63, 3.8) is 0 Å².